The number of benzene rings is 1. The molecule has 0 aliphatic rings. The zero-order chi connectivity index (χ0) is 17.3. The average molecular weight is 336 g/mol. The first-order valence-corrected chi connectivity index (χ1v) is 8.20. The summed E-state index contributed by atoms with van der Waals surface area (Å²) in [4.78, 5) is 17.2. The number of rotatable bonds is 4. The predicted octanol–water partition coefficient (Wildman–Crippen LogP) is 3.22. The molecule has 124 valence electrons. The van der Waals surface area contributed by atoms with E-state index in [0.29, 0.717) is 10.4 Å². The second-order valence-corrected chi connectivity index (χ2v) is 7.60. The number of amides is 1. The van der Waals surface area contributed by atoms with Gasteiger partial charge in [-0.2, -0.15) is 0 Å². The third kappa shape index (κ3) is 4.14. The van der Waals surface area contributed by atoms with Crippen molar-refractivity contribution in [3.05, 3.63) is 51.7 Å². The van der Waals surface area contributed by atoms with Crippen molar-refractivity contribution in [2.45, 2.75) is 38.7 Å². The monoisotopic (exact) mass is 336 g/mol. The summed E-state index contributed by atoms with van der Waals surface area (Å²) < 4.78 is 13.0. The van der Waals surface area contributed by atoms with Gasteiger partial charge in [0, 0.05) is 5.41 Å². The molecule has 1 heterocycles. The molecule has 2 aromatic rings. The van der Waals surface area contributed by atoms with Crippen LogP contribution >= 0.6 is 11.3 Å². The third-order valence-electron chi connectivity index (χ3n) is 3.54. The topological polar surface area (TPSA) is 62.2 Å². The molecule has 1 aromatic carbocycles. The van der Waals surface area contributed by atoms with Crippen LogP contribution in [-0.2, 0) is 11.0 Å². The Morgan fingerprint density at radius 1 is 1.26 bits per heavy atom. The lowest BCUT2D eigenvalue weighted by Crippen LogP contribution is -2.39. The van der Waals surface area contributed by atoms with Crippen LogP contribution in [0, 0.1) is 5.82 Å². The van der Waals surface area contributed by atoms with Gasteiger partial charge in [-0.25, -0.2) is 9.37 Å². The Hall–Kier alpha value is -1.79. The van der Waals surface area contributed by atoms with Crippen LogP contribution in [0.5, 0.6) is 0 Å². The van der Waals surface area contributed by atoms with Gasteiger partial charge < -0.3 is 10.4 Å². The second kappa shape index (κ2) is 6.37. The first-order chi connectivity index (χ1) is 10.6. The third-order valence-corrected chi connectivity index (χ3v) is 4.37. The van der Waals surface area contributed by atoms with Crippen molar-refractivity contribution in [1.82, 2.24) is 10.3 Å². The second-order valence-electron chi connectivity index (χ2n) is 6.74. The highest BCUT2D eigenvalue weighted by molar-refractivity contribution is 7.11. The summed E-state index contributed by atoms with van der Waals surface area (Å²) in [5, 5.41) is 13.2. The molecule has 0 saturated carbocycles. The summed E-state index contributed by atoms with van der Waals surface area (Å²) in [5.41, 5.74) is 1.41. The van der Waals surface area contributed by atoms with Crippen LogP contribution < -0.4 is 5.32 Å². The van der Waals surface area contributed by atoms with Crippen molar-refractivity contribution in [2.75, 3.05) is 6.54 Å². The van der Waals surface area contributed by atoms with Crippen LogP contribution in [0.15, 0.2) is 29.8 Å². The summed E-state index contributed by atoms with van der Waals surface area (Å²) >= 11 is 1.28. The molecule has 2 N–H and O–H groups in total. The summed E-state index contributed by atoms with van der Waals surface area (Å²) in [6.07, 6.45) is 0. The van der Waals surface area contributed by atoms with E-state index in [1.807, 2.05) is 20.8 Å². The van der Waals surface area contributed by atoms with Gasteiger partial charge in [-0.05, 0) is 24.6 Å². The van der Waals surface area contributed by atoms with E-state index in [-0.39, 0.29) is 23.7 Å². The number of carbonyl (C=O) groups excluding carboxylic acids is 1. The smallest absolute Gasteiger partial charge is 0.263 e. The minimum Gasteiger partial charge on any atom is -0.384 e. The zero-order valence-corrected chi connectivity index (χ0v) is 14.5. The van der Waals surface area contributed by atoms with Gasteiger partial charge >= 0.3 is 0 Å². The van der Waals surface area contributed by atoms with E-state index in [9.17, 15) is 14.3 Å². The molecule has 1 aromatic heterocycles. The lowest BCUT2D eigenvalue weighted by atomic mass is 9.91. The molecule has 0 bridgehead atoms. The van der Waals surface area contributed by atoms with Gasteiger partial charge in [0.1, 0.15) is 16.3 Å². The molecule has 0 fully saturated rings. The highest BCUT2D eigenvalue weighted by Crippen LogP contribution is 2.27. The molecular weight excluding hydrogens is 315 g/mol. The molecule has 2 rings (SSSR count). The molecule has 1 atom stereocenters. The first kappa shape index (κ1) is 17.6. The van der Waals surface area contributed by atoms with Crippen molar-refractivity contribution in [3.63, 3.8) is 0 Å². The molecular formula is C17H21FN2O2S. The summed E-state index contributed by atoms with van der Waals surface area (Å²) in [5.74, 6) is -0.632. The Balaban J connectivity index is 2.10. The molecule has 4 nitrogen and oxygen atoms in total. The number of hydrogen-bond donors (Lipinski definition) is 2. The maximum Gasteiger partial charge on any atom is 0.263 e. The number of nitrogens with zero attached hydrogens (tertiary/aromatic N) is 1. The molecule has 0 radical (unpaired) electrons. The minimum absolute atomic E-state index is 0.0267. The largest absolute Gasteiger partial charge is 0.384 e. The average Bonchev–Trinajstić information content (AvgIpc) is 2.95. The first-order valence-electron chi connectivity index (χ1n) is 7.32. The zero-order valence-electron chi connectivity index (χ0n) is 13.7. The predicted molar refractivity (Wildman–Crippen MR) is 89.1 cm³/mol. The van der Waals surface area contributed by atoms with Crippen LogP contribution in [0.4, 0.5) is 4.39 Å². The lowest BCUT2D eigenvalue weighted by molar-refractivity contribution is 0.0526. The van der Waals surface area contributed by atoms with E-state index < -0.39 is 5.60 Å². The van der Waals surface area contributed by atoms with Crippen LogP contribution in [-0.4, -0.2) is 22.5 Å². The van der Waals surface area contributed by atoms with E-state index in [2.05, 4.69) is 10.3 Å². The Kier molecular flexibility index (Phi) is 4.87. The van der Waals surface area contributed by atoms with Gasteiger partial charge in [0.2, 0.25) is 0 Å². The van der Waals surface area contributed by atoms with Gasteiger partial charge in [-0.1, -0.05) is 32.9 Å². The molecule has 0 aliphatic heterocycles. The number of nitrogens with one attached hydrogen (secondary N) is 1. The highest BCUT2D eigenvalue weighted by atomic mass is 32.1. The van der Waals surface area contributed by atoms with Crippen LogP contribution in [0.1, 0.15) is 48.6 Å². The molecule has 23 heavy (non-hydrogen) atoms. The maximum atomic E-state index is 13.0. The fourth-order valence-electron chi connectivity index (χ4n) is 2.19. The van der Waals surface area contributed by atoms with Gasteiger partial charge in [0.25, 0.3) is 5.91 Å². The molecule has 0 aliphatic carbocycles. The van der Waals surface area contributed by atoms with Crippen molar-refractivity contribution < 1.29 is 14.3 Å². The summed E-state index contributed by atoms with van der Waals surface area (Å²) in [7, 11) is 0. The van der Waals surface area contributed by atoms with E-state index in [4.69, 9.17) is 0 Å². The maximum absolute atomic E-state index is 13.0. The molecule has 1 unspecified atom stereocenters. The van der Waals surface area contributed by atoms with E-state index in [0.717, 1.165) is 5.69 Å². The normalized spacial score (nSPS) is 14.3. The van der Waals surface area contributed by atoms with Crippen LogP contribution in [0.3, 0.4) is 0 Å². The van der Waals surface area contributed by atoms with Gasteiger partial charge in [0.05, 0.1) is 17.7 Å². The SMILES string of the molecule is CC(C)(C)c1ncsc1C(=O)NCC(C)(O)c1ccc(F)cc1. The number of carbonyl (C=O) groups is 1. The van der Waals surface area contributed by atoms with Gasteiger partial charge in [-0.3, -0.25) is 4.79 Å². The quantitative estimate of drug-likeness (QED) is 0.901. The summed E-state index contributed by atoms with van der Waals surface area (Å²) in [6.45, 7) is 7.59. The van der Waals surface area contributed by atoms with E-state index in [1.165, 1.54) is 35.6 Å². The number of aliphatic hydroxyl groups is 1. The Labute approximate surface area is 139 Å². The molecule has 0 spiro atoms. The minimum atomic E-state index is -1.28. The highest BCUT2D eigenvalue weighted by Gasteiger charge is 2.28. The van der Waals surface area contributed by atoms with Crippen molar-refractivity contribution >= 4 is 17.2 Å². The van der Waals surface area contributed by atoms with E-state index >= 15 is 0 Å². The van der Waals surface area contributed by atoms with E-state index in [1.54, 1.807) is 12.4 Å². The fourth-order valence-corrected chi connectivity index (χ4v) is 3.10. The summed E-state index contributed by atoms with van der Waals surface area (Å²) in [6, 6.07) is 5.59. The standard InChI is InChI=1S/C17H21FN2O2S/c1-16(2,3)14-13(23-10-20-14)15(21)19-9-17(4,22)11-5-7-12(18)8-6-11/h5-8,10,22H,9H2,1-4H3,(H,19,21). The van der Waals surface area contributed by atoms with Crippen LogP contribution in [0.25, 0.3) is 0 Å². The molecule has 1 amide bonds. The van der Waals surface area contributed by atoms with Crippen LogP contribution in [0.2, 0.25) is 0 Å². The fraction of sp³-hybridized carbons (Fsp3) is 0.412. The van der Waals surface area contributed by atoms with Crippen molar-refractivity contribution in [2.24, 2.45) is 0 Å². The number of thiazole rings is 1. The van der Waals surface area contributed by atoms with Crippen molar-refractivity contribution in [1.29, 1.82) is 0 Å². The lowest BCUT2D eigenvalue weighted by Gasteiger charge is -2.24. The Bertz CT molecular complexity index is 687. The Morgan fingerprint density at radius 2 is 1.87 bits per heavy atom. The molecule has 0 saturated heterocycles. The van der Waals surface area contributed by atoms with Crippen molar-refractivity contribution in [3.8, 4) is 0 Å². The number of hydrogen-bond acceptors (Lipinski definition) is 4. The van der Waals surface area contributed by atoms with Gasteiger partial charge in [0.15, 0.2) is 0 Å². The number of halogens is 1. The molecule has 6 heteroatoms. The van der Waals surface area contributed by atoms with Gasteiger partial charge in [-0.15, -0.1) is 11.3 Å². The Morgan fingerprint density at radius 3 is 2.43 bits per heavy atom. The number of aromatic nitrogens is 1.